The van der Waals surface area contributed by atoms with Crippen LogP contribution in [0.5, 0.6) is 0 Å². The van der Waals surface area contributed by atoms with Gasteiger partial charge in [-0.3, -0.25) is 9.78 Å². The van der Waals surface area contributed by atoms with Gasteiger partial charge in [0, 0.05) is 18.3 Å². The van der Waals surface area contributed by atoms with Crippen molar-refractivity contribution < 1.29 is 19.1 Å². The maximum Gasteiger partial charge on any atom is 0.331 e. The van der Waals surface area contributed by atoms with Crippen LogP contribution in [0.1, 0.15) is 11.1 Å². The molecule has 0 spiro atoms. The summed E-state index contributed by atoms with van der Waals surface area (Å²) in [4.78, 5) is 49.4. The second kappa shape index (κ2) is 8.28. The number of rotatable bonds is 6. The highest BCUT2D eigenvalue weighted by Crippen LogP contribution is 2.01. The number of carbonyl (C=O) groups excluding carboxylic acids is 2. The molecule has 0 aliphatic carbocycles. The van der Waals surface area contributed by atoms with E-state index in [0.29, 0.717) is 0 Å². The number of esters is 2. The monoisotopic (exact) mass is 330 g/mol. The summed E-state index contributed by atoms with van der Waals surface area (Å²) in [5, 5.41) is 0. The van der Waals surface area contributed by atoms with Crippen molar-refractivity contribution in [1.29, 1.82) is 0 Å². The Balaban J connectivity index is 1.78. The molecule has 2 rings (SSSR count). The van der Waals surface area contributed by atoms with Gasteiger partial charge in [0.2, 0.25) is 0 Å². The molecular formula is C16H14N2O6. The van der Waals surface area contributed by atoms with E-state index in [2.05, 4.69) is 4.98 Å². The lowest BCUT2D eigenvalue weighted by molar-refractivity contribution is -0.141. The third-order valence-corrected chi connectivity index (χ3v) is 2.85. The Morgan fingerprint density at radius 2 is 1.58 bits per heavy atom. The predicted molar refractivity (Wildman–Crippen MR) is 82.9 cm³/mol. The fraction of sp³-hybridized carbons (Fsp3) is 0.125. The molecule has 0 fully saturated rings. The molecule has 24 heavy (non-hydrogen) atoms. The van der Waals surface area contributed by atoms with E-state index >= 15 is 0 Å². The quantitative estimate of drug-likeness (QED) is 0.585. The highest BCUT2D eigenvalue weighted by atomic mass is 16.5. The highest BCUT2D eigenvalue weighted by molar-refractivity contribution is 5.91. The molecule has 8 nitrogen and oxygen atoms in total. The molecule has 0 bridgehead atoms. The van der Waals surface area contributed by atoms with Crippen molar-refractivity contribution >= 4 is 11.9 Å². The Bertz CT molecular complexity index is 851. The van der Waals surface area contributed by atoms with Crippen LogP contribution in [0.2, 0.25) is 0 Å². The summed E-state index contributed by atoms with van der Waals surface area (Å²) in [6, 6.07) is 9.07. The minimum absolute atomic E-state index is 0.0722. The van der Waals surface area contributed by atoms with Crippen LogP contribution >= 0.6 is 0 Å². The van der Waals surface area contributed by atoms with Gasteiger partial charge < -0.3 is 14.5 Å². The second-order valence-corrected chi connectivity index (χ2v) is 4.63. The van der Waals surface area contributed by atoms with Gasteiger partial charge in [0.05, 0.1) is 5.56 Å². The standard InChI is InChI=1S/C16H14N2O6/c19-13(23-9-11-4-2-1-3-5-11)6-7-14(20)24-10-12-8-17-16(22)18-15(12)21/h1-8H,9-10H2,(H2,17,18,21,22)/b7-6+. The van der Waals surface area contributed by atoms with Gasteiger partial charge in [0.25, 0.3) is 5.56 Å². The largest absolute Gasteiger partial charge is 0.458 e. The molecule has 0 aliphatic rings. The van der Waals surface area contributed by atoms with Crippen molar-refractivity contribution in [3.05, 3.63) is 80.6 Å². The Labute approximate surface area is 135 Å². The van der Waals surface area contributed by atoms with E-state index in [-0.39, 0.29) is 18.8 Å². The molecule has 0 saturated heterocycles. The van der Waals surface area contributed by atoms with Crippen LogP contribution in [0.25, 0.3) is 0 Å². The lowest BCUT2D eigenvalue weighted by atomic mass is 10.2. The number of ether oxygens (including phenoxy) is 2. The van der Waals surface area contributed by atoms with Crippen molar-refractivity contribution in [3.8, 4) is 0 Å². The normalized spacial score (nSPS) is 10.5. The third kappa shape index (κ3) is 5.41. The van der Waals surface area contributed by atoms with Gasteiger partial charge >= 0.3 is 17.6 Å². The fourth-order valence-corrected chi connectivity index (χ4v) is 1.65. The molecule has 1 aromatic carbocycles. The number of H-pyrrole nitrogens is 2. The van der Waals surface area contributed by atoms with Crippen LogP contribution in [0.15, 0.2) is 58.3 Å². The van der Waals surface area contributed by atoms with E-state index in [1.54, 1.807) is 12.1 Å². The number of hydrogen-bond acceptors (Lipinski definition) is 6. The molecule has 0 aliphatic heterocycles. The molecule has 2 aromatic rings. The van der Waals surface area contributed by atoms with Gasteiger partial charge in [-0.25, -0.2) is 14.4 Å². The summed E-state index contributed by atoms with van der Waals surface area (Å²) in [6.07, 6.45) is 2.97. The van der Waals surface area contributed by atoms with E-state index in [9.17, 15) is 19.2 Å². The molecule has 0 radical (unpaired) electrons. The first-order valence-electron chi connectivity index (χ1n) is 6.91. The Morgan fingerprint density at radius 3 is 2.21 bits per heavy atom. The fourth-order valence-electron chi connectivity index (χ4n) is 1.65. The molecule has 8 heteroatoms. The molecular weight excluding hydrogens is 316 g/mol. The van der Waals surface area contributed by atoms with E-state index in [1.165, 1.54) is 0 Å². The van der Waals surface area contributed by atoms with E-state index in [1.807, 2.05) is 23.2 Å². The van der Waals surface area contributed by atoms with Crippen molar-refractivity contribution in [2.75, 3.05) is 0 Å². The first-order chi connectivity index (χ1) is 11.5. The molecule has 0 saturated carbocycles. The number of benzene rings is 1. The average Bonchev–Trinajstić information content (AvgIpc) is 2.58. The Hall–Kier alpha value is -3.42. The second-order valence-electron chi connectivity index (χ2n) is 4.63. The van der Waals surface area contributed by atoms with Crippen molar-refractivity contribution in [2.24, 2.45) is 0 Å². The lowest BCUT2D eigenvalue weighted by Crippen LogP contribution is -2.25. The maximum atomic E-state index is 11.5. The molecule has 0 unspecified atom stereocenters. The van der Waals surface area contributed by atoms with Crippen LogP contribution in [0.3, 0.4) is 0 Å². The van der Waals surface area contributed by atoms with Crippen LogP contribution in [-0.4, -0.2) is 21.9 Å². The zero-order valence-electron chi connectivity index (χ0n) is 12.5. The third-order valence-electron chi connectivity index (χ3n) is 2.85. The van der Waals surface area contributed by atoms with Gasteiger partial charge in [-0.05, 0) is 5.56 Å². The lowest BCUT2D eigenvalue weighted by Gasteiger charge is -2.02. The number of carbonyl (C=O) groups is 2. The SMILES string of the molecule is O=C(/C=C/C(=O)OCc1c[nH]c(=O)[nH]c1=O)OCc1ccccc1. The van der Waals surface area contributed by atoms with Gasteiger partial charge in [0.15, 0.2) is 0 Å². The zero-order chi connectivity index (χ0) is 17.4. The first kappa shape index (κ1) is 16.9. The van der Waals surface area contributed by atoms with E-state index in [4.69, 9.17) is 9.47 Å². The van der Waals surface area contributed by atoms with Gasteiger partial charge in [0.1, 0.15) is 13.2 Å². The van der Waals surface area contributed by atoms with Gasteiger partial charge in [-0.15, -0.1) is 0 Å². The predicted octanol–water partition coefficient (Wildman–Crippen LogP) is 0.406. The number of hydrogen-bond donors (Lipinski definition) is 2. The van der Waals surface area contributed by atoms with Crippen LogP contribution in [-0.2, 0) is 32.3 Å². The topological polar surface area (TPSA) is 118 Å². The first-order valence-corrected chi connectivity index (χ1v) is 6.91. The van der Waals surface area contributed by atoms with E-state index < -0.39 is 23.2 Å². The van der Waals surface area contributed by atoms with Crippen molar-refractivity contribution in [1.82, 2.24) is 9.97 Å². The number of aromatic amines is 2. The minimum atomic E-state index is -0.822. The van der Waals surface area contributed by atoms with Crippen molar-refractivity contribution in [2.45, 2.75) is 13.2 Å². The van der Waals surface area contributed by atoms with Gasteiger partial charge in [-0.2, -0.15) is 0 Å². The van der Waals surface area contributed by atoms with Crippen LogP contribution < -0.4 is 11.2 Å². The van der Waals surface area contributed by atoms with Crippen LogP contribution in [0, 0.1) is 0 Å². The zero-order valence-corrected chi connectivity index (χ0v) is 12.5. The van der Waals surface area contributed by atoms with Crippen LogP contribution in [0.4, 0.5) is 0 Å². The summed E-state index contributed by atoms with van der Waals surface area (Å²) in [5.74, 6) is -1.52. The summed E-state index contributed by atoms with van der Waals surface area (Å²) < 4.78 is 9.73. The Kier molecular flexibility index (Phi) is 5.84. The molecule has 0 amide bonds. The molecule has 124 valence electrons. The number of aromatic nitrogens is 2. The van der Waals surface area contributed by atoms with Gasteiger partial charge in [-0.1, -0.05) is 30.3 Å². The maximum absolute atomic E-state index is 11.5. The minimum Gasteiger partial charge on any atom is -0.458 e. The summed E-state index contributed by atoms with van der Waals surface area (Å²) in [7, 11) is 0. The summed E-state index contributed by atoms with van der Waals surface area (Å²) in [5.41, 5.74) is -0.420. The van der Waals surface area contributed by atoms with Crippen molar-refractivity contribution in [3.63, 3.8) is 0 Å². The average molecular weight is 330 g/mol. The molecule has 1 heterocycles. The molecule has 1 aromatic heterocycles. The smallest absolute Gasteiger partial charge is 0.331 e. The summed E-state index contributed by atoms with van der Waals surface area (Å²) in [6.45, 7) is -0.250. The molecule has 0 atom stereocenters. The Morgan fingerprint density at radius 1 is 0.958 bits per heavy atom. The molecule has 2 N–H and O–H groups in total. The number of nitrogens with one attached hydrogen (secondary N) is 2. The van der Waals surface area contributed by atoms with E-state index in [0.717, 1.165) is 23.9 Å². The summed E-state index contributed by atoms with van der Waals surface area (Å²) >= 11 is 0. The highest BCUT2D eigenvalue weighted by Gasteiger charge is 2.05.